The Morgan fingerprint density at radius 2 is 2.07 bits per heavy atom. The molecule has 0 bridgehead atoms. The van der Waals surface area contributed by atoms with Gasteiger partial charge in [0.1, 0.15) is 4.90 Å². The first-order chi connectivity index (χ1) is 13.5. The first kappa shape index (κ1) is 20.4. The lowest BCUT2D eigenvalue weighted by molar-refractivity contribution is -0.121. The minimum Gasteiger partial charge on any atom is -0.489 e. The van der Waals surface area contributed by atoms with Crippen molar-refractivity contribution >= 4 is 27.5 Å². The number of sulfonamides is 1. The van der Waals surface area contributed by atoms with E-state index >= 15 is 0 Å². The predicted octanol–water partition coefficient (Wildman–Crippen LogP) is 1.88. The molecule has 0 aliphatic carbocycles. The average molecular weight is 426 g/mol. The normalized spacial score (nSPS) is 13.6. The highest BCUT2D eigenvalue weighted by Crippen LogP contribution is 2.37. The minimum absolute atomic E-state index is 0.00221. The van der Waals surface area contributed by atoms with E-state index in [1.54, 1.807) is 12.1 Å². The third kappa shape index (κ3) is 5.34. The monoisotopic (exact) mass is 425 g/mol. The number of carbonyl (C=O) groups excluding carboxylic acids is 1. The van der Waals surface area contributed by atoms with Crippen LogP contribution in [0.25, 0.3) is 0 Å². The predicted molar refractivity (Wildman–Crippen MR) is 103 cm³/mol. The number of carbonyl (C=O) groups is 1. The molecule has 0 radical (unpaired) electrons. The maximum atomic E-state index is 12.1. The molecule has 3 rings (SSSR count). The van der Waals surface area contributed by atoms with E-state index < -0.39 is 10.0 Å². The fraction of sp³-hybridized carbons (Fsp3) is 0.333. The molecular weight excluding hydrogens is 406 g/mol. The van der Waals surface area contributed by atoms with E-state index in [0.717, 1.165) is 12.0 Å². The molecule has 8 nitrogen and oxygen atoms in total. The molecule has 1 aliphatic heterocycles. The van der Waals surface area contributed by atoms with Crippen LogP contribution in [0.1, 0.15) is 18.4 Å². The summed E-state index contributed by atoms with van der Waals surface area (Å²) in [5.41, 5.74) is 0.763. The zero-order valence-corrected chi connectivity index (χ0v) is 16.6. The van der Waals surface area contributed by atoms with E-state index in [-0.39, 0.29) is 30.3 Å². The van der Waals surface area contributed by atoms with Crippen LogP contribution in [0.15, 0.2) is 41.6 Å². The van der Waals surface area contributed by atoms with Gasteiger partial charge in [-0.05, 0) is 29.8 Å². The summed E-state index contributed by atoms with van der Waals surface area (Å²) in [6.45, 7) is 1.30. The third-order valence-electron chi connectivity index (χ3n) is 3.94. The van der Waals surface area contributed by atoms with Gasteiger partial charge in [0.25, 0.3) is 0 Å². The number of amides is 1. The van der Waals surface area contributed by atoms with Crippen LogP contribution in [0.4, 0.5) is 0 Å². The van der Waals surface area contributed by atoms with Crippen LogP contribution in [-0.4, -0.2) is 39.1 Å². The van der Waals surface area contributed by atoms with Crippen molar-refractivity contribution in [1.82, 2.24) is 15.0 Å². The summed E-state index contributed by atoms with van der Waals surface area (Å²) in [4.78, 5) is 15.8. The number of nitrogens with zero attached hydrogens (tertiary/aromatic N) is 1. The van der Waals surface area contributed by atoms with Crippen molar-refractivity contribution in [2.24, 2.45) is 0 Å². The maximum Gasteiger partial charge on any atom is 0.242 e. The second kappa shape index (κ2) is 9.22. The zero-order chi connectivity index (χ0) is 20.0. The second-order valence-corrected chi connectivity index (χ2v) is 8.24. The van der Waals surface area contributed by atoms with Crippen molar-refractivity contribution in [1.29, 1.82) is 0 Å². The number of hydrogen-bond donors (Lipinski definition) is 2. The fourth-order valence-corrected chi connectivity index (χ4v) is 3.85. The van der Waals surface area contributed by atoms with Gasteiger partial charge in [0.2, 0.25) is 15.9 Å². The Morgan fingerprint density at radius 3 is 2.86 bits per heavy atom. The molecule has 2 N–H and O–H groups in total. The molecule has 1 amide bonds. The van der Waals surface area contributed by atoms with Gasteiger partial charge >= 0.3 is 0 Å². The summed E-state index contributed by atoms with van der Waals surface area (Å²) < 4.78 is 37.7. The Hall–Kier alpha value is -2.36. The largest absolute Gasteiger partial charge is 0.489 e. The Bertz CT molecular complexity index is 938. The summed E-state index contributed by atoms with van der Waals surface area (Å²) in [5, 5.41) is 3.16. The van der Waals surface area contributed by atoms with E-state index in [1.165, 1.54) is 24.5 Å². The summed E-state index contributed by atoms with van der Waals surface area (Å²) >= 11 is 6.23. The van der Waals surface area contributed by atoms with Crippen LogP contribution in [0, 0.1) is 0 Å². The van der Waals surface area contributed by atoms with Gasteiger partial charge in [-0.3, -0.25) is 9.78 Å². The number of ether oxygens (including phenoxy) is 2. The maximum absolute atomic E-state index is 12.1. The number of aromatic nitrogens is 1. The fourth-order valence-electron chi connectivity index (χ4n) is 2.56. The van der Waals surface area contributed by atoms with Crippen LogP contribution in [-0.2, 0) is 21.4 Å². The SMILES string of the molecule is O=C(CCNS(=O)(=O)c1cccnc1)NCc1cc(Cl)c2c(c1)OCCCO2. The summed E-state index contributed by atoms with van der Waals surface area (Å²) in [5.74, 6) is 0.773. The number of rotatable bonds is 7. The van der Waals surface area contributed by atoms with Crippen molar-refractivity contribution in [3.8, 4) is 11.5 Å². The molecule has 0 spiro atoms. The number of hydrogen-bond acceptors (Lipinski definition) is 6. The summed E-state index contributed by atoms with van der Waals surface area (Å²) in [6, 6.07) is 6.45. The van der Waals surface area contributed by atoms with Gasteiger partial charge in [0.05, 0.1) is 18.2 Å². The quantitative estimate of drug-likeness (QED) is 0.701. The zero-order valence-electron chi connectivity index (χ0n) is 15.0. The van der Waals surface area contributed by atoms with E-state index in [4.69, 9.17) is 21.1 Å². The van der Waals surface area contributed by atoms with Crippen molar-refractivity contribution < 1.29 is 22.7 Å². The van der Waals surface area contributed by atoms with Gasteiger partial charge < -0.3 is 14.8 Å². The lowest BCUT2D eigenvalue weighted by Gasteiger charge is -2.12. The highest BCUT2D eigenvalue weighted by Gasteiger charge is 2.16. The van der Waals surface area contributed by atoms with Gasteiger partial charge in [-0.15, -0.1) is 0 Å². The minimum atomic E-state index is -3.68. The second-order valence-electron chi connectivity index (χ2n) is 6.07. The molecule has 0 saturated heterocycles. The highest BCUT2D eigenvalue weighted by molar-refractivity contribution is 7.89. The topological polar surface area (TPSA) is 107 Å². The molecular formula is C18H20ClN3O5S. The smallest absolute Gasteiger partial charge is 0.242 e. The molecule has 0 unspecified atom stereocenters. The number of fused-ring (bicyclic) bond motifs is 1. The highest BCUT2D eigenvalue weighted by atomic mass is 35.5. The molecule has 1 aromatic carbocycles. The van der Waals surface area contributed by atoms with Gasteiger partial charge in [-0.1, -0.05) is 11.6 Å². The number of halogens is 1. The Kier molecular flexibility index (Phi) is 6.71. The Morgan fingerprint density at radius 1 is 1.25 bits per heavy atom. The number of benzene rings is 1. The molecule has 0 fully saturated rings. The molecule has 2 aromatic rings. The van der Waals surface area contributed by atoms with Crippen molar-refractivity contribution in [3.63, 3.8) is 0 Å². The third-order valence-corrected chi connectivity index (χ3v) is 5.67. The lowest BCUT2D eigenvalue weighted by Crippen LogP contribution is -2.30. The summed E-state index contributed by atoms with van der Waals surface area (Å²) in [6.07, 6.45) is 3.50. The van der Waals surface area contributed by atoms with Crippen molar-refractivity contribution in [2.75, 3.05) is 19.8 Å². The van der Waals surface area contributed by atoms with Crippen molar-refractivity contribution in [3.05, 3.63) is 47.2 Å². The molecule has 1 aromatic heterocycles. The van der Waals surface area contributed by atoms with Gasteiger partial charge in [-0.2, -0.15) is 0 Å². The molecule has 0 saturated carbocycles. The van der Waals surface area contributed by atoms with Crippen LogP contribution >= 0.6 is 11.6 Å². The Balaban J connectivity index is 1.50. The molecule has 28 heavy (non-hydrogen) atoms. The van der Waals surface area contributed by atoms with Crippen LogP contribution in [0.3, 0.4) is 0 Å². The molecule has 10 heteroatoms. The number of pyridine rings is 1. The van der Waals surface area contributed by atoms with Crippen molar-refractivity contribution in [2.45, 2.75) is 24.3 Å². The van der Waals surface area contributed by atoms with Crippen LogP contribution < -0.4 is 19.5 Å². The first-order valence-corrected chi connectivity index (χ1v) is 10.6. The van der Waals surface area contributed by atoms with Gasteiger partial charge in [0, 0.05) is 38.3 Å². The van der Waals surface area contributed by atoms with Crippen LogP contribution in [0.2, 0.25) is 5.02 Å². The molecule has 1 aliphatic rings. The lowest BCUT2D eigenvalue weighted by atomic mass is 10.2. The first-order valence-electron chi connectivity index (χ1n) is 8.70. The van der Waals surface area contributed by atoms with E-state index in [1.807, 2.05) is 0 Å². The standard InChI is InChI=1S/C18H20ClN3O5S/c19-15-9-13(10-16-18(15)27-8-2-7-26-16)11-21-17(23)4-6-22-28(24,25)14-3-1-5-20-12-14/h1,3,5,9-10,12,22H,2,4,6-8,11H2,(H,21,23). The van der Waals surface area contributed by atoms with E-state index in [2.05, 4.69) is 15.0 Å². The summed E-state index contributed by atoms with van der Waals surface area (Å²) in [7, 11) is -3.68. The molecule has 2 heterocycles. The number of nitrogens with one attached hydrogen (secondary N) is 2. The Labute approximate surface area is 168 Å². The average Bonchev–Trinajstić information content (AvgIpc) is 2.93. The van der Waals surface area contributed by atoms with E-state index in [0.29, 0.717) is 29.7 Å². The van der Waals surface area contributed by atoms with Gasteiger partial charge in [0.15, 0.2) is 11.5 Å². The van der Waals surface area contributed by atoms with E-state index in [9.17, 15) is 13.2 Å². The van der Waals surface area contributed by atoms with Gasteiger partial charge in [-0.25, -0.2) is 13.1 Å². The molecule has 150 valence electrons. The van der Waals surface area contributed by atoms with Crippen LogP contribution in [0.5, 0.6) is 11.5 Å². The molecule has 0 atom stereocenters.